The largest absolute Gasteiger partial charge is 0.311 e. The zero-order chi connectivity index (χ0) is 17.3. The molecule has 1 atom stereocenters. The van der Waals surface area contributed by atoms with Crippen LogP contribution in [0.15, 0.2) is 48.5 Å². The molecule has 1 heterocycles. The van der Waals surface area contributed by atoms with Crippen LogP contribution in [0.5, 0.6) is 0 Å². The Kier molecular flexibility index (Phi) is 4.65. The molecule has 126 valence electrons. The molecule has 2 aromatic carbocycles. The average molecular weight is 364 g/mol. The summed E-state index contributed by atoms with van der Waals surface area (Å²) in [6, 6.07) is 14.2. The molecule has 0 radical (unpaired) electrons. The van der Waals surface area contributed by atoms with Crippen LogP contribution >= 0.6 is 11.6 Å². The van der Waals surface area contributed by atoms with E-state index in [2.05, 4.69) is 0 Å². The maximum atomic E-state index is 12.7. The van der Waals surface area contributed by atoms with Crippen molar-refractivity contribution in [1.29, 1.82) is 0 Å². The van der Waals surface area contributed by atoms with Crippen LogP contribution in [0.25, 0.3) is 0 Å². The summed E-state index contributed by atoms with van der Waals surface area (Å²) in [6.45, 7) is 1.99. The fraction of sp³-hybridized carbons (Fsp3) is 0.278. The van der Waals surface area contributed by atoms with Gasteiger partial charge in [-0.25, -0.2) is 8.42 Å². The minimum atomic E-state index is -3.60. The van der Waals surface area contributed by atoms with Crippen molar-refractivity contribution in [2.75, 3.05) is 11.4 Å². The van der Waals surface area contributed by atoms with Crippen molar-refractivity contribution in [3.8, 4) is 0 Å². The van der Waals surface area contributed by atoms with Crippen molar-refractivity contribution in [2.24, 2.45) is 0 Å². The van der Waals surface area contributed by atoms with Crippen molar-refractivity contribution >= 4 is 33.0 Å². The second-order valence-electron chi connectivity index (χ2n) is 5.94. The molecule has 3 rings (SSSR count). The maximum absolute atomic E-state index is 12.7. The highest BCUT2D eigenvalue weighted by Crippen LogP contribution is 2.29. The van der Waals surface area contributed by atoms with Crippen LogP contribution in [0.2, 0.25) is 5.02 Å². The number of hydrogen-bond acceptors (Lipinski definition) is 3. The number of fused-ring (bicyclic) bond motifs is 1. The fourth-order valence-corrected chi connectivity index (χ4v) is 4.35. The zero-order valence-electron chi connectivity index (χ0n) is 13.3. The Labute approximate surface area is 147 Å². The fourth-order valence-electron chi connectivity index (χ4n) is 2.88. The van der Waals surface area contributed by atoms with E-state index in [0.29, 0.717) is 17.1 Å². The molecule has 2 aromatic rings. The standard InChI is InChI=1S/C18H18ClNO3S/c1-13(24(22,23)12-14-6-8-16(19)9-7-14)18(21)20-11-10-15-4-2-3-5-17(15)20/h2-9,13H,10-12H2,1H3/t13-/m0/s1. The summed E-state index contributed by atoms with van der Waals surface area (Å²) in [5, 5.41) is -0.534. The third-order valence-electron chi connectivity index (χ3n) is 4.32. The highest BCUT2D eigenvalue weighted by Gasteiger charge is 2.34. The van der Waals surface area contributed by atoms with Gasteiger partial charge in [0.1, 0.15) is 5.25 Å². The number of nitrogens with zero attached hydrogens (tertiary/aromatic N) is 1. The highest BCUT2D eigenvalue weighted by atomic mass is 35.5. The van der Waals surface area contributed by atoms with E-state index in [-0.39, 0.29) is 11.7 Å². The lowest BCUT2D eigenvalue weighted by Crippen LogP contribution is -2.41. The number of anilines is 1. The summed E-state index contributed by atoms with van der Waals surface area (Å²) < 4.78 is 25.2. The van der Waals surface area contributed by atoms with Gasteiger partial charge in [0.2, 0.25) is 5.91 Å². The first-order chi connectivity index (χ1) is 11.4. The Balaban J connectivity index is 1.79. The summed E-state index contributed by atoms with van der Waals surface area (Å²) in [6.07, 6.45) is 0.756. The zero-order valence-corrected chi connectivity index (χ0v) is 14.8. The molecule has 0 saturated carbocycles. The average Bonchev–Trinajstić information content (AvgIpc) is 2.99. The summed E-state index contributed by atoms with van der Waals surface area (Å²) in [5.41, 5.74) is 2.52. The van der Waals surface area contributed by atoms with Crippen LogP contribution in [0.3, 0.4) is 0 Å². The summed E-state index contributed by atoms with van der Waals surface area (Å²) >= 11 is 5.82. The molecule has 0 aromatic heterocycles. The molecule has 0 spiro atoms. The minimum Gasteiger partial charge on any atom is -0.311 e. The van der Waals surface area contributed by atoms with Gasteiger partial charge >= 0.3 is 0 Å². The van der Waals surface area contributed by atoms with E-state index in [9.17, 15) is 13.2 Å². The van der Waals surface area contributed by atoms with Gasteiger partial charge in [0.15, 0.2) is 9.84 Å². The molecular formula is C18H18ClNO3S. The van der Waals surface area contributed by atoms with Crippen molar-refractivity contribution in [1.82, 2.24) is 0 Å². The van der Waals surface area contributed by atoms with Gasteiger partial charge in [0.25, 0.3) is 0 Å². The lowest BCUT2D eigenvalue weighted by Gasteiger charge is -2.21. The number of hydrogen-bond donors (Lipinski definition) is 0. The smallest absolute Gasteiger partial charge is 0.245 e. The van der Waals surface area contributed by atoms with Gasteiger partial charge in [-0.15, -0.1) is 0 Å². The molecule has 1 aliphatic heterocycles. The molecular weight excluding hydrogens is 346 g/mol. The van der Waals surface area contributed by atoms with Crippen molar-refractivity contribution in [3.05, 3.63) is 64.7 Å². The number of carbonyl (C=O) groups is 1. The second-order valence-corrected chi connectivity index (χ2v) is 8.70. The SMILES string of the molecule is C[C@@H](C(=O)N1CCc2ccccc21)S(=O)(=O)Cc1ccc(Cl)cc1. The second kappa shape index (κ2) is 6.57. The normalized spacial score (nSPS) is 15.2. The summed E-state index contributed by atoms with van der Waals surface area (Å²) in [5.74, 6) is -0.541. The summed E-state index contributed by atoms with van der Waals surface area (Å²) in [4.78, 5) is 14.3. The molecule has 0 bridgehead atoms. The Morgan fingerprint density at radius 3 is 2.54 bits per heavy atom. The third kappa shape index (κ3) is 3.32. The van der Waals surface area contributed by atoms with Crippen LogP contribution in [0.4, 0.5) is 5.69 Å². The first-order valence-electron chi connectivity index (χ1n) is 7.74. The Hall–Kier alpha value is -1.85. The van der Waals surface area contributed by atoms with E-state index in [0.717, 1.165) is 17.7 Å². The Morgan fingerprint density at radius 2 is 1.83 bits per heavy atom. The molecule has 0 aliphatic carbocycles. The monoisotopic (exact) mass is 363 g/mol. The van der Waals surface area contributed by atoms with Gasteiger partial charge in [0.05, 0.1) is 5.75 Å². The molecule has 1 aliphatic rings. The molecule has 24 heavy (non-hydrogen) atoms. The quantitative estimate of drug-likeness (QED) is 0.838. The number of para-hydroxylation sites is 1. The van der Waals surface area contributed by atoms with Gasteiger partial charge in [-0.1, -0.05) is 41.9 Å². The van der Waals surface area contributed by atoms with Crippen molar-refractivity contribution in [3.63, 3.8) is 0 Å². The van der Waals surface area contributed by atoms with E-state index in [1.807, 2.05) is 24.3 Å². The van der Waals surface area contributed by atoms with Crippen LogP contribution < -0.4 is 4.90 Å². The van der Waals surface area contributed by atoms with E-state index in [1.54, 1.807) is 29.2 Å². The summed E-state index contributed by atoms with van der Waals surface area (Å²) in [7, 11) is -3.60. The van der Waals surface area contributed by atoms with Crippen LogP contribution in [-0.4, -0.2) is 26.1 Å². The van der Waals surface area contributed by atoms with Crippen LogP contribution in [0.1, 0.15) is 18.1 Å². The van der Waals surface area contributed by atoms with Crippen LogP contribution in [0, 0.1) is 0 Å². The predicted octanol–water partition coefficient (Wildman–Crippen LogP) is 3.23. The number of halogens is 1. The van der Waals surface area contributed by atoms with E-state index in [1.165, 1.54) is 6.92 Å². The van der Waals surface area contributed by atoms with Gasteiger partial charge in [-0.3, -0.25) is 4.79 Å². The molecule has 4 nitrogen and oxygen atoms in total. The van der Waals surface area contributed by atoms with E-state index >= 15 is 0 Å². The van der Waals surface area contributed by atoms with Crippen LogP contribution in [-0.2, 0) is 26.8 Å². The Morgan fingerprint density at radius 1 is 1.17 bits per heavy atom. The first kappa shape index (κ1) is 17.0. The van der Waals surface area contributed by atoms with Gasteiger partial charge < -0.3 is 4.90 Å². The molecule has 1 amide bonds. The molecule has 0 N–H and O–H groups in total. The minimum absolute atomic E-state index is 0.174. The lowest BCUT2D eigenvalue weighted by molar-refractivity contribution is -0.117. The topological polar surface area (TPSA) is 54.5 Å². The lowest BCUT2D eigenvalue weighted by atomic mass is 10.2. The van der Waals surface area contributed by atoms with Crippen molar-refractivity contribution < 1.29 is 13.2 Å². The number of carbonyl (C=O) groups excluding carboxylic acids is 1. The molecule has 0 fully saturated rings. The Bertz CT molecular complexity index is 862. The number of rotatable bonds is 4. The molecule has 0 unspecified atom stereocenters. The van der Waals surface area contributed by atoms with Gasteiger partial charge in [-0.2, -0.15) is 0 Å². The predicted molar refractivity (Wildman–Crippen MR) is 96.0 cm³/mol. The highest BCUT2D eigenvalue weighted by molar-refractivity contribution is 7.92. The number of benzene rings is 2. The number of amides is 1. The third-order valence-corrected chi connectivity index (χ3v) is 6.59. The molecule has 6 heteroatoms. The van der Waals surface area contributed by atoms with Gasteiger partial charge in [0, 0.05) is 17.3 Å². The maximum Gasteiger partial charge on any atom is 0.245 e. The number of sulfone groups is 1. The van der Waals surface area contributed by atoms with Gasteiger partial charge in [-0.05, 0) is 42.7 Å². The van der Waals surface area contributed by atoms with Crippen molar-refractivity contribution in [2.45, 2.75) is 24.3 Å². The van der Waals surface area contributed by atoms with E-state index in [4.69, 9.17) is 11.6 Å². The molecule has 0 saturated heterocycles. The first-order valence-corrected chi connectivity index (χ1v) is 9.83. The van der Waals surface area contributed by atoms with E-state index < -0.39 is 15.1 Å².